The number of carboxylic acid groups (broad SMARTS) is 1. The molecule has 0 aliphatic carbocycles. The number of aryl methyl sites for hydroxylation is 1. The van der Waals surface area contributed by atoms with Gasteiger partial charge in [-0.05, 0) is 43.5 Å². The Labute approximate surface area is 123 Å². The fraction of sp³-hybridized carbons (Fsp3) is 0.467. The normalized spacial score (nSPS) is 15.5. The minimum atomic E-state index is -0.977. The van der Waals surface area contributed by atoms with Crippen LogP contribution in [-0.2, 0) is 4.74 Å². The average Bonchev–Trinajstić information content (AvgIpc) is 2.49. The summed E-state index contributed by atoms with van der Waals surface area (Å²) in [6.07, 6.45) is 1.67. The third-order valence-electron chi connectivity index (χ3n) is 3.77. The quantitative estimate of drug-likeness (QED) is 0.896. The molecular formula is C15H20N2O4. The highest BCUT2D eigenvalue weighted by molar-refractivity contribution is 5.92. The van der Waals surface area contributed by atoms with E-state index >= 15 is 0 Å². The van der Waals surface area contributed by atoms with E-state index in [0.29, 0.717) is 18.9 Å². The maximum absolute atomic E-state index is 12.2. The highest BCUT2D eigenvalue weighted by Crippen LogP contribution is 2.19. The lowest BCUT2D eigenvalue weighted by Gasteiger charge is -2.31. The molecule has 1 aliphatic rings. The second-order valence-corrected chi connectivity index (χ2v) is 5.22. The van der Waals surface area contributed by atoms with E-state index in [2.05, 4.69) is 5.32 Å². The molecule has 0 saturated carbocycles. The molecule has 2 rings (SSSR count). The van der Waals surface area contributed by atoms with E-state index in [9.17, 15) is 9.59 Å². The third-order valence-corrected chi connectivity index (χ3v) is 3.77. The molecule has 0 spiro atoms. The zero-order chi connectivity index (χ0) is 15.4. The van der Waals surface area contributed by atoms with Gasteiger partial charge in [0.2, 0.25) is 0 Å². The zero-order valence-electron chi connectivity index (χ0n) is 12.3. The molecule has 1 aliphatic heterocycles. The van der Waals surface area contributed by atoms with Crippen LogP contribution in [0.15, 0.2) is 18.2 Å². The zero-order valence-corrected chi connectivity index (χ0v) is 12.3. The molecule has 1 aromatic carbocycles. The first-order chi connectivity index (χ1) is 9.99. The van der Waals surface area contributed by atoms with E-state index < -0.39 is 5.97 Å². The lowest BCUT2D eigenvalue weighted by atomic mass is 10.1. The summed E-state index contributed by atoms with van der Waals surface area (Å²) < 4.78 is 5.29. The summed E-state index contributed by atoms with van der Waals surface area (Å²) in [6.45, 7) is 3.12. The lowest BCUT2D eigenvalue weighted by molar-refractivity contribution is 0.0544. The lowest BCUT2D eigenvalue weighted by Crippen LogP contribution is -2.42. The molecule has 0 aromatic heterocycles. The largest absolute Gasteiger partial charge is 0.478 e. The first-order valence-corrected chi connectivity index (χ1v) is 6.94. The Morgan fingerprint density at radius 1 is 1.33 bits per heavy atom. The molecule has 2 N–H and O–H groups in total. The Hall–Kier alpha value is -2.08. The average molecular weight is 292 g/mol. The number of ether oxygens (including phenoxy) is 1. The standard InChI is InChI=1S/C15H20N2O4/c1-10-9-11(14(18)19)3-4-13(10)16-15(20)17(2)12-5-7-21-8-6-12/h3-4,9,12H,5-8H2,1-2H3,(H,16,20)(H,18,19). The number of carboxylic acids is 1. The number of carbonyl (C=O) groups is 2. The van der Waals surface area contributed by atoms with Gasteiger partial charge in [-0.1, -0.05) is 0 Å². The minimum Gasteiger partial charge on any atom is -0.478 e. The maximum Gasteiger partial charge on any atom is 0.335 e. The predicted molar refractivity (Wildman–Crippen MR) is 78.8 cm³/mol. The molecular weight excluding hydrogens is 272 g/mol. The van der Waals surface area contributed by atoms with Gasteiger partial charge in [-0.15, -0.1) is 0 Å². The van der Waals surface area contributed by atoms with Crippen molar-refractivity contribution >= 4 is 17.7 Å². The van der Waals surface area contributed by atoms with Crippen molar-refractivity contribution in [1.82, 2.24) is 4.90 Å². The topological polar surface area (TPSA) is 78.9 Å². The summed E-state index contributed by atoms with van der Waals surface area (Å²) in [7, 11) is 1.77. The molecule has 1 saturated heterocycles. The summed E-state index contributed by atoms with van der Waals surface area (Å²) in [5.41, 5.74) is 1.57. The number of carbonyl (C=O) groups excluding carboxylic acids is 1. The summed E-state index contributed by atoms with van der Waals surface area (Å²) in [4.78, 5) is 24.8. The molecule has 1 fully saturated rings. The second kappa shape index (κ2) is 6.58. The molecule has 0 bridgehead atoms. The summed E-state index contributed by atoms with van der Waals surface area (Å²) in [6, 6.07) is 4.64. The molecule has 0 atom stereocenters. The molecule has 21 heavy (non-hydrogen) atoms. The van der Waals surface area contributed by atoms with Crippen molar-refractivity contribution in [2.24, 2.45) is 0 Å². The van der Waals surface area contributed by atoms with Crippen LogP contribution < -0.4 is 5.32 Å². The van der Waals surface area contributed by atoms with Gasteiger partial charge in [0.1, 0.15) is 0 Å². The van der Waals surface area contributed by atoms with E-state index in [0.717, 1.165) is 18.4 Å². The van der Waals surface area contributed by atoms with Crippen LogP contribution >= 0.6 is 0 Å². The second-order valence-electron chi connectivity index (χ2n) is 5.22. The Morgan fingerprint density at radius 2 is 2.00 bits per heavy atom. The number of anilines is 1. The van der Waals surface area contributed by atoms with E-state index in [4.69, 9.17) is 9.84 Å². The first-order valence-electron chi connectivity index (χ1n) is 6.94. The van der Waals surface area contributed by atoms with Gasteiger partial charge in [0, 0.05) is 32.0 Å². The summed E-state index contributed by atoms with van der Waals surface area (Å²) in [5.74, 6) is -0.977. The van der Waals surface area contributed by atoms with Crippen molar-refractivity contribution < 1.29 is 19.4 Å². The van der Waals surface area contributed by atoms with Gasteiger partial charge >= 0.3 is 12.0 Å². The molecule has 1 heterocycles. The van der Waals surface area contributed by atoms with Crippen LogP contribution in [0.5, 0.6) is 0 Å². The summed E-state index contributed by atoms with van der Waals surface area (Å²) in [5, 5.41) is 11.8. The Bertz CT molecular complexity index is 538. The van der Waals surface area contributed by atoms with E-state index in [1.54, 1.807) is 31.0 Å². The fourth-order valence-corrected chi connectivity index (χ4v) is 2.38. The van der Waals surface area contributed by atoms with Gasteiger partial charge in [0.25, 0.3) is 0 Å². The third kappa shape index (κ3) is 3.72. The van der Waals surface area contributed by atoms with Crippen LogP contribution in [0, 0.1) is 6.92 Å². The van der Waals surface area contributed by atoms with Crippen molar-refractivity contribution in [3.8, 4) is 0 Å². The van der Waals surface area contributed by atoms with Gasteiger partial charge in [0.15, 0.2) is 0 Å². The highest BCUT2D eigenvalue weighted by Gasteiger charge is 2.22. The number of urea groups is 1. The van der Waals surface area contributed by atoms with Gasteiger partial charge in [-0.2, -0.15) is 0 Å². The van der Waals surface area contributed by atoms with Crippen LogP contribution in [0.1, 0.15) is 28.8 Å². The van der Waals surface area contributed by atoms with E-state index in [-0.39, 0.29) is 17.6 Å². The molecule has 1 aromatic rings. The van der Waals surface area contributed by atoms with Gasteiger partial charge in [-0.25, -0.2) is 9.59 Å². The smallest absolute Gasteiger partial charge is 0.335 e. The van der Waals surface area contributed by atoms with Crippen LogP contribution in [0.2, 0.25) is 0 Å². The Kier molecular flexibility index (Phi) is 4.80. The number of hydrogen-bond donors (Lipinski definition) is 2. The van der Waals surface area contributed by atoms with Crippen molar-refractivity contribution in [3.05, 3.63) is 29.3 Å². The van der Waals surface area contributed by atoms with Gasteiger partial charge < -0.3 is 20.1 Å². The van der Waals surface area contributed by atoms with E-state index in [1.165, 1.54) is 6.07 Å². The molecule has 0 unspecified atom stereocenters. The number of benzene rings is 1. The van der Waals surface area contributed by atoms with Gasteiger partial charge in [0.05, 0.1) is 5.56 Å². The number of nitrogens with one attached hydrogen (secondary N) is 1. The SMILES string of the molecule is Cc1cc(C(=O)O)ccc1NC(=O)N(C)C1CCOCC1. The molecule has 6 nitrogen and oxygen atoms in total. The molecule has 114 valence electrons. The predicted octanol–water partition coefficient (Wildman–Crippen LogP) is 2.34. The van der Waals surface area contributed by atoms with Crippen LogP contribution in [0.4, 0.5) is 10.5 Å². The highest BCUT2D eigenvalue weighted by atomic mass is 16.5. The van der Waals surface area contributed by atoms with E-state index in [1.807, 2.05) is 0 Å². The minimum absolute atomic E-state index is 0.178. The number of rotatable bonds is 3. The Morgan fingerprint density at radius 3 is 2.57 bits per heavy atom. The van der Waals surface area contributed by atoms with Crippen LogP contribution in [0.25, 0.3) is 0 Å². The molecule has 6 heteroatoms. The molecule has 0 radical (unpaired) electrons. The monoisotopic (exact) mass is 292 g/mol. The number of aromatic carboxylic acids is 1. The van der Waals surface area contributed by atoms with Crippen molar-refractivity contribution in [2.75, 3.05) is 25.6 Å². The molecule has 2 amide bonds. The number of hydrogen-bond acceptors (Lipinski definition) is 3. The number of nitrogens with zero attached hydrogens (tertiary/aromatic N) is 1. The van der Waals surface area contributed by atoms with Crippen LogP contribution in [0.3, 0.4) is 0 Å². The maximum atomic E-state index is 12.2. The van der Waals surface area contributed by atoms with Crippen molar-refractivity contribution in [3.63, 3.8) is 0 Å². The fourth-order valence-electron chi connectivity index (χ4n) is 2.38. The van der Waals surface area contributed by atoms with Gasteiger partial charge in [-0.3, -0.25) is 0 Å². The Balaban J connectivity index is 2.03. The summed E-state index contributed by atoms with van der Waals surface area (Å²) >= 11 is 0. The number of amides is 2. The van der Waals surface area contributed by atoms with Crippen molar-refractivity contribution in [1.29, 1.82) is 0 Å². The van der Waals surface area contributed by atoms with Crippen molar-refractivity contribution in [2.45, 2.75) is 25.8 Å². The van der Waals surface area contributed by atoms with Crippen LogP contribution in [-0.4, -0.2) is 48.3 Å². The first kappa shape index (κ1) is 15.3.